The van der Waals surface area contributed by atoms with Crippen LogP contribution in [0.2, 0.25) is 0 Å². The van der Waals surface area contributed by atoms with Gasteiger partial charge in [0.1, 0.15) is 4.88 Å². The van der Waals surface area contributed by atoms with Crippen LogP contribution in [0.4, 0.5) is 0 Å². The van der Waals surface area contributed by atoms with Gasteiger partial charge in [-0.25, -0.2) is 0 Å². The van der Waals surface area contributed by atoms with Gasteiger partial charge in [0.2, 0.25) is 0 Å². The molecule has 1 N–H and O–H groups in total. The quantitative estimate of drug-likeness (QED) is 0.861. The Hall–Kier alpha value is -1.01. The molecule has 0 saturated heterocycles. The Morgan fingerprint density at radius 1 is 1.62 bits per heavy atom. The van der Waals surface area contributed by atoms with E-state index in [2.05, 4.69) is 14.9 Å². The van der Waals surface area contributed by atoms with Crippen LogP contribution in [0, 0.1) is 0 Å². The third-order valence-corrected chi connectivity index (χ3v) is 3.77. The third-order valence-electron chi connectivity index (χ3n) is 3.10. The zero-order valence-electron chi connectivity index (χ0n) is 9.23. The first-order chi connectivity index (χ1) is 7.76. The average Bonchev–Trinajstić information content (AvgIpc) is 2.98. The second-order valence-corrected chi connectivity index (χ2v) is 4.84. The van der Waals surface area contributed by atoms with E-state index in [0.717, 1.165) is 24.4 Å². The van der Waals surface area contributed by atoms with Gasteiger partial charge < -0.3 is 10.1 Å². The van der Waals surface area contributed by atoms with E-state index in [1.807, 2.05) is 0 Å². The molecule has 1 aromatic rings. The highest BCUT2D eigenvalue weighted by molar-refractivity contribution is 7.07. The molecule has 0 radical (unpaired) electrons. The van der Waals surface area contributed by atoms with Crippen LogP contribution in [-0.2, 0) is 4.74 Å². The number of carbonyl (C=O) groups is 1. The monoisotopic (exact) mass is 241 g/mol. The normalized spacial score (nSPS) is 18.6. The summed E-state index contributed by atoms with van der Waals surface area (Å²) in [6, 6.07) is 0. The number of nitrogens with one attached hydrogen (secondary N) is 1. The van der Waals surface area contributed by atoms with Crippen LogP contribution >= 0.6 is 11.5 Å². The average molecular weight is 241 g/mol. The van der Waals surface area contributed by atoms with E-state index >= 15 is 0 Å². The summed E-state index contributed by atoms with van der Waals surface area (Å²) in [7, 11) is 1.71. The first kappa shape index (κ1) is 11.5. The lowest BCUT2D eigenvalue weighted by molar-refractivity contribution is -0.00257. The predicted octanol–water partition coefficient (Wildman–Crippen LogP) is 1.23. The lowest BCUT2D eigenvalue weighted by atomic mass is 10.0. The fraction of sp³-hybridized carbons (Fsp3) is 0.700. The molecule has 1 fully saturated rings. The van der Waals surface area contributed by atoms with Gasteiger partial charge in [-0.2, -0.15) is 0 Å². The number of carbonyl (C=O) groups excluding carboxylic acids is 1. The Bertz CT molecular complexity index is 347. The van der Waals surface area contributed by atoms with E-state index in [0.29, 0.717) is 11.4 Å². The molecule has 6 heteroatoms. The maximum Gasteiger partial charge on any atom is 0.264 e. The summed E-state index contributed by atoms with van der Waals surface area (Å²) >= 11 is 1.11. The maximum atomic E-state index is 11.7. The molecule has 1 aromatic heterocycles. The van der Waals surface area contributed by atoms with Crippen molar-refractivity contribution in [1.29, 1.82) is 0 Å². The molecular weight excluding hydrogens is 226 g/mol. The Kier molecular flexibility index (Phi) is 3.50. The molecule has 2 rings (SSSR count). The highest BCUT2D eigenvalue weighted by Gasteiger charge is 2.34. The molecule has 1 amide bonds. The van der Waals surface area contributed by atoms with Gasteiger partial charge in [-0.15, -0.1) is 5.10 Å². The van der Waals surface area contributed by atoms with Crippen LogP contribution in [0.1, 0.15) is 35.4 Å². The smallest absolute Gasteiger partial charge is 0.264 e. The second-order valence-electron chi connectivity index (χ2n) is 4.06. The number of ether oxygens (including phenoxy) is 1. The van der Waals surface area contributed by atoms with Crippen LogP contribution in [0.25, 0.3) is 0 Å². The van der Waals surface area contributed by atoms with Crippen molar-refractivity contribution < 1.29 is 9.53 Å². The van der Waals surface area contributed by atoms with E-state index < -0.39 is 0 Å². The van der Waals surface area contributed by atoms with Gasteiger partial charge in [-0.3, -0.25) is 4.79 Å². The Morgan fingerprint density at radius 3 is 2.94 bits per heavy atom. The van der Waals surface area contributed by atoms with Crippen molar-refractivity contribution in [2.24, 2.45) is 0 Å². The summed E-state index contributed by atoms with van der Waals surface area (Å²) in [6.07, 6.45) is 5.86. The Labute approximate surface area is 98.4 Å². The standard InChI is InChI=1S/C10H15N3O2S/c1-15-10(4-2-3-5-10)7-11-9(14)8-6-12-13-16-8/h6H,2-5,7H2,1H3,(H,11,14). The number of aromatic nitrogens is 2. The first-order valence-electron chi connectivity index (χ1n) is 5.36. The largest absolute Gasteiger partial charge is 0.376 e. The van der Waals surface area contributed by atoms with Gasteiger partial charge in [-0.05, 0) is 24.4 Å². The molecule has 0 spiro atoms. The number of nitrogens with zero attached hydrogens (tertiary/aromatic N) is 2. The van der Waals surface area contributed by atoms with E-state index in [4.69, 9.17) is 4.74 Å². The van der Waals surface area contributed by atoms with Crippen molar-refractivity contribution in [1.82, 2.24) is 14.9 Å². The lowest BCUT2D eigenvalue weighted by Crippen LogP contribution is -2.42. The Balaban J connectivity index is 1.89. The van der Waals surface area contributed by atoms with E-state index in [-0.39, 0.29) is 11.5 Å². The number of hydrogen-bond donors (Lipinski definition) is 1. The fourth-order valence-corrected chi connectivity index (χ4v) is 2.50. The molecule has 1 heterocycles. The number of methoxy groups -OCH3 is 1. The zero-order chi connectivity index (χ0) is 11.4. The maximum absolute atomic E-state index is 11.7. The molecule has 0 bridgehead atoms. The molecule has 1 aliphatic carbocycles. The summed E-state index contributed by atoms with van der Waals surface area (Å²) in [4.78, 5) is 12.2. The molecule has 88 valence electrons. The predicted molar refractivity (Wildman–Crippen MR) is 60.5 cm³/mol. The van der Waals surface area contributed by atoms with Crippen LogP contribution in [0.5, 0.6) is 0 Å². The van der Waals surface area contributed by atoms with Crippen molar-refractivity contribution in [3.05, 3.63) is 11.1 Å². The highest BCUT2D eigenvalue weighted by Crippen LogP contribution is 2.31. The van der Waals surface area contributed by atoms with Gasteiger partial charge in [0.15, 0.2) is 0 Å². The fourth-order valence-electron chi connectivity index (χ4n) is 2.07. The lowest BCUT2D eigenvalue weighted by Gasteiger charge is -2.27. The van der Waals surface area contributed by atoms with Crippen LogP contribution in [0.3, 0.4) is 0 Å². The minimum absolute atomic E-state index is 0.113. The highest BCUT2D eigenvalue weighted by atomic mass is 32.1. The van der Waals surface area contributed by atoms with Crippen molar-refractivity contribution in [3.63, 3.8) is 0 Å². The molecular formula is C10H15N3O2S. The van der Waals surface area contributed by atoms with Crippen LogP contribution in [0.15, 0.2) is 6.20 Å². The van der Waals surface area contributed by atoms with E-state index in [1.165, 1.54) is 19.0 Å². The molecule has 0 aromatic carbocycles. The van der Waals surface area contributed by atoms with Crippen LogP contribution < -0.4 is 5.32 Å². The second kappa shape index (κ2) is 4.88. The van der Waals surface area contributed by atoms with Crippen molar-refractivity contribution in [2.45, 2.75) is 31.3 Å². The molecule has 1 saturated carbocycles. The minimum atomic E-state index is -0.159. The van der Waals surface area contributed by atoms with E-state index in [1.54, 1.807) is 7.11 Å². The first-order valence-corrected chi connectivity index (χ1v) is 6.14. The Morgan fingerprint density at radius 2 is 2.38 bits per heavy atom. The van der Waals surface area contributed by atoms with Crippen molar-refractivity contribution >= 4 is 17.4 Å². The van der Waals surface area contributed by atoms with E-state index in [9.17, 15) is 4.79 Å². The van der Waals surface area contributed by atoms with Gasteiger partial charge in [0.25, 0.3) is 5.91 Å². The third kappa shape index (κ3) is 2.38. The van der Waals surface area contributed by atoms with Crippen molar-refractivity contribution in [2.75, 3.05) is 13.7 Å². The molecule has 0 unspecified atom stereocenters. The van der Waals surface area contributed by atoms with Gasteiger partial charge in [-0.1, -0.05) is 17.3 Å². The topological polar surface area (TPSA) is 64.1 Å². The summed E-state index contributed by atoms with van der Waals surface area (Å²) in [6.45, 7) is 0.570. The molecule has 5 nitrogen and oxygen atoms in total. The van der Waals surface area contributed by atoms with Crippen LogP contribution in [-0.4, -0.2) is 34.7 Å². The minimum Gasteiger partial charge on any atom is -0.376 e. The molecule has 16 heavy (non-hydrogen) atoms. The molecule has 0 aliphatic heterocycles. The zero-order valence-corrected chi connectivity index (χ0v) is 10.0. The van der Waals surface area contributed by atoms with Gasteiger partial charge in [0.05, 0.1) is 11.8 Å². The summed E-state index contributed by atoms with van der Waals surface area (Å²) in [5.74, 6) is -0.113. The number of rotatable bonds is 4. The molecule has 1 aliphatic rings. The van der Waals surface area contributed by atoms with Gasteiger partial charge in [0, 0.05) is 13.7 Å². The summed E-state index contributed by atoms with van der Waals surface area (Å²) < 4.78 is 9.18. The van der Waals surface area contributed by atoms with Crippen molar-refractivity contribution in [3.8, 4) is 0 Å². The number of amides is 1. The molecule has 0 atom stereocenters. The SMILES string of the molecule is COC1(CNC(=O)c2cnns2)CCCC1. The number of hydrogen-bond acceptors (Lipinski definition) is 5. The summed E-state index contributed by atoms with van der Waals surface area (Å²) in [5, 5.41) is 6.52. The van der Waals surface area contributed by atoms with Gasteiger partial charge >= 0.3 is 0 Å². The summed E-state index contributed by atoms with van der Waals surface area (Å²) in [5.41, 5.74) is -0.159.